The maximum Gasteiger partial charge on any atom is 0.221 e. The molecule has 1 N–H and O–H groups in total. The van der Waals surface area contributed by atoms with Gasteiger partial charge in [-0.05, 0) is 18.2 Å². The van der Waals surface area contributed by atoms with Crippen LogP contribution in [0, 0.1) is 0 Å². The Labute approximate surface area is 87.0 Å². The van der Waals surface area contributed by atoms with Crippen LogP contribution in [-0.4, -0.2) is 17.9 Å². The number of nitrogens with zero attached hydrogens (tertiary/aromatic N) is 1. The molecule has 0 bridgehead atoms. The lowest BCUT2D eigenvalue weighted by Gasteiger charge is -2.10. The van der Waals surface area contributed by atoms with Gasteiger partial charge in [0.15, 0.2) is 5.78 Å². The zero-order chi connectivity index (χ0) is 10.8. The van der Waals surface area contributed by atoms with Crippen LogP contribution in [0.2, 0.25) is 0 Å². The monoisotopic (exact) mass is 202 g/mol. The van der Waals surface area contributed by atoms with Gasteiger partial charge in [-0.25, -0.2) is 0 Å². The zero-order valence-electron chi connectivity index (χ0n) is 8.28. The van der Waals surface area contributed by atoms with Crippen molar-refractivity contribution in [2.24, 2.45) is 4.99 Å². The summed E-state index contributed by atoms with van der Waals surface area (Å²) in [6, 6.07) is 5.12. The highest BCUT2D eigenvalue weighted by Gasteiger charge is 2.14. The van der Waals surface area contributed by atoms with Crippen LogP contribution in [0.1, 0.15) is 23.7 Å². The lowest BCUT2D eigenvalue weighted by molar-refractivity contribution is -0.114. The van der Waals surface area contributed by atoms with Crippen LogP contribution in [0.5, 0.6) is 0 Å². The largest absolute Gasteiger partial charge is 0.326 e. The molecular weight excluding hydrogens is 192 g/mol. The second-order valence-corrected chi connectivity index (χ2v) is 3.35. The van der Waals surface area contributed by atoms with E-state index in [2.05, 4.69) is 10.3 Å². The summed E-state index contributed by atoms with van der Waals surface area (Å²) in [5.41, 5.74) is 1.87. The topological polar surface area (TPSA) is 58.5 Å². The first-order chi connectivity index (χ1) is 7.16. The van der Waals surface area contributed by atoms with Gasteiger partial charge in [0.2, 0.25) is 5.91 Å². The van der Waals surface area contributed by atoms with Crippen LogP contribution in [0.25, 0.3) is 0 Å². The summed E-state index contributed by atoms with van der Waals surface area (Å²) in [5.74, 6) is -0.117. The van der Waals surface area contributed by atoms with Gasteiger partial charge in [0, 0.05) is 30.8 Å². The minimum absolute atomic E-state index is 0.0344. The van der Waals surface area contributed by atoms with Crippen LogP contribution in [0.4, 0.5) is 11.4 Å². The lowest BCUT2D eigenvalue weighted by Crippen LogP contribution is -2.09. The second-order valence-electron chi connectivity index (χ2n) is 3.35. The standard InChI is InChI=1S/C11H10N2O2/c1-7(14)13-8-2-3-10-9(6-8)11(15)4-5-12-10/h2-3,5-6H,4H2,1H3,(H,13,14). The Kier molecular flexibility index (Phi) is 2.33. The first kappa shape index (κ1) is 9.58. The number of anilines is 1. The molecule has 1 aromatic rings. The number of rotatable bonds is 1. The van der Waals surface area contributed by atoms with Gasteiger partial charge < -0.3 is 5.32 Å². The van der Waals surface area contributed by atoms with E-state index in [0.29, 0.717) is 23.4 Å². The SMILES string of the molecule is CC(=O)Nc1ccc2c(c1)C(=O)CC=N2. The summed E-state index contributed by atoms with van der Waals surface area (Å²) in [6.45, 7) is 1.43. The number of carbonyl (C=O) groups excluding carboxylic acids is 2. The number of amides is 1. The quantitative estimate of drug-likeness (QED) is 0.756. The molecule has 0 spiro atoms. The van der Waals surface area contributed by atoms with Crippen molar-refractivity contribution in [3.63, 3.8) is 0 Å². The summed E-state index contributed by atoms with van der Waals surface area (Å²) in [5, 5.41) is 2.63. The fourth-order valence-corrected chi connectivity index (χ4v) is 1.49. The normalized spacial score (nSPS) is 13.5. The van der Waals surface area contributed by atoms with Crippen molar-refractivity contribution >= 4 is 29.3 Å². The average molecular weight is 202 g/mol. The van der Waals surface area contributed by atoms with Crippen LogP contribution in [-0.2, 0) is 4.79 Å². The Hall–Kier alpha value is -1.97. The molecule has 15 heavy (non-hydrogen) atoms. The minimum atomic E-state index is -0.151. The summed E-state index contributed by atoms with van der Waals surface area (Å²) in [7, 11) is 0. The van der Waals surface area contributed by atoms with Crippen molar-refractivity contribution in [1.82, 2.24) is 0 Å². The molecule has 0 atom stereocenters. The molecule has 1 aliphatic heterocycles. The predicted octanol–water partition coefficient (Wildman–Crippen LogP) is 1.93. The molecule has 1 heterocycles. The van der Waals surface area contributed by atoms with Crippen LogP contribution in [0.15, 0.2) is 23.2 Å². The van der Waals surface area contributed by atoms with Crippen molar-refractivity contribution in [3.8, 4) is 0 Å². The molecule has 0 aromatic heterocycles. The number of aliphatic imine (C=N–C) groups is 1. The molecule has 1 aliphatic rings. The van der Waals surface area contributed by atoms with Gasteiger partial charge in [-0.1, -0.05) is 0 Å². The Morgan fingerprint density at radius 2 is 2.27 bits per heavy atom. The zero-order valence-corrected chi connectivity index (χ0v) is 8.28. The summed E-state index contributed by atoms with van der Waals surface area (Å²) < 4.78 is 0. The molecule has 0 saturated heterocycles. The van der Waals surface area contributed by atoms with Gasteiger partial charge in [0.05, 0.1) is 5.69 Å². The van der Waals surface area contributed by atoms with E-state index in [1.54, 1.807) is 24.4 Å². The number of carbonyl (C=O) groups is 2. The fraction of sp³-hybridized carbons (Fsp3) is 0.182. The Morgan fingerprint density at radius 3 is 3.00 bits per heavy atom. The molecule has 2 rings (SSSR count). The third kappa shape index (κ3) is 1.93. The number of Topliss-reactive ketones (excluding diaryl/α,β-unsaturated/α-hetero) is 1. The minimum Gasteiger partial charge on any atom is -0.326 e. The fourth-order valence-electron chi connectivity index (χ4n) is 1.49. The van der Waals surface area contributed by atoms with Gasteiger partial charge in [-0.15, -0.1) is 0 Å². The van der Waals surface area contributed by atoms with Crippen LogP contribution >= 0.6 is 0 Å². The van der Waals surface area contributed by atoms with Gasteiger partial charge >= 0.3 is 0 Å². The van der Waals surface area contributed by atoms with E-state index in [1.165, 1.54) is 6.92 Å². The molecule has 1 aromatic carbocycles. The summed E-state index contributed by atoms with van der Waals surface area (Å²) in [6.07, 6.45) is 1.93. The van der Waals surface area contributed by atoms with Crippen LogP contribution in [0.3, 0.4) is 0 Å². The molecule has 0 radical (unpaired) electrons. The number of benzene rings is 1. The summed E-state index contributed by atoms with van der Waals surface area (Å²) in [4.78, 5) is 26.5. The average Bonchev–Trinajstić information content (AvgIpc) is 2.18. The number of ketones is 1. The van der Waals surface area contributed by atoms with Crippen molar-refractivity contribution in [1.29, 1.82) is 0 Å². The van der Waals surface area contributed by atoms with E-state index in [-0.39, 0.29) is 11.7 Å². The smallest absolute Gasteiger partial charge is 0.221 e. The van der Waals surface area contributed by atoms with E-state index >= 15 is 0 Å². The Bertz CT molecular complexity index is 464. The first-order valence-corrected chi connectivity index (χ1v) is 4.64. The van der Waals surface area contributed by atoms with Gasteiger partial charge in [-0.3, -0.25) is 14.6 Å². The van der Waals surface area contributed by atoms with Crippen molar-refractivity contribution < 1.29 is 9.59 Å². The molecule has 0 fully saturated rings. The summed E-state index contributed by atoms with van der Waals surface area (Å²) >= 11 is 0. The third-order valence-electron chi connectivity index (χ3n) is 2.12. The van der Waals surface area contributed by atoms with Crippen molar-refractivity contribution in [3.05, 3.63) is 23.8 Å². The van der Waals surface area contributed by atoms with Gasteiger partial charge in [0.25, 0.3) is 0 Å². The highest BCUT2D eigenvalue weighted by molar-refractivity contribution is 6.10. The van der Waals surface area contributed by atoms with E-state index in [4.69, 9.17) is 0 Å². The molecule has 1 amide bonds. The lowest BCUT2D eigenvalue weighted by atomic mass is 10.0. The molecule has 0 saturated carbocycles. The van der Waals surface area contributed by atoms with Gasteiger partial charge in [0.1, 0.15) is 0 Å². The second kappa shape index (κ2) is 3.65. The van der Waals surface area contributed by atoms with E-state index < -0.39 is 0 Å². The molecular formula is C11H10N2O2. The van der Waals surface area contributed by atoms with Crippen molar-refractivity contribution in [2.75, 3.05) is 5.32 Å². The number of nitrogens with one attached hydrogen (secondary N) is 1. The maximum absolute atomic E-state index is 11.5. The Morgan fingerprint density at radius 1 is 1.47 bits per heavy atom. The van der Waals surface area contributed by atoms with E-state index in [1.807, 2.05) is 0 Å². The molecule has 76 valence electrons. The number of hydrogen-bond acceptors (Lipinski definition) is 3. The first-order valence-electron chi connectivity index (χ1n) is 4.64. The number of hydrogen-bond donors (Lipinski definition) is 1. The molecule has 4 nitrogen and oxygen atoms in total. The maximum atomic E-state index is 11.5. The van der Waals surface area contributed by atoms with Gasteiger partial charge in [-0.2, -0.15) is 0 Å². The van der Waals surface area contributed by atoms with E-state index in [9.17, 15) is 9.59 Å². The third-order valence-corrected chi connectivity index (χ3v) is 2.12. The number of fused-ring (bicyclic) bond motifs is 1. The molecule has 0 aliphatic carbocycles. The Balaban J connectivity index is 2.40. The highest BCUT2D eigenvalue weighted by atomic mass is 16.1. The molecule has 0 unspecified atom stereocenters. The van der Waals surface area contributed by atoms with Crippen molar-refractivity contribution in [2.45, 2.75) is 13.3 Å². The van der Waals surface area contributed by atoms with E-state index in [0.717, 1.165) is 0 Å². The van der Waals surface area contributed by atoms with Crippen LogP contribution < -0.4 is 5.32 Å². The highest BCUT2D eigenvalue weighted by Crippen LogP contribution is 2.26. The molecule has 4 heteroatoms. The predicted molar refractivity (Wildman–Crippen MR) is 57.8 cm³/mol.